The number of hydrogen-bond acceptors (Lipinski definition) is 10. The fourth-order valence-corrected chi connectivity index (χ4v) is 6.02. The number of thiazole rings is 1. The van der Waals surface area contributed by atoms with Gasteiger partial charge < -0.3 is 19.9 Å². The van der Waals surface area contributed by atoms with Crippen molar-refractivity contribution in [3.63, 3.8) is 0 Å². The van der Waals surface area contributed by atoms with Crippen LogP contribution in [-0.2, 0) is 20.3 Å². The zero-order valence-corrected chi connectivity index (χ0v) is 19.9. The van der Waals surface area contributed by atoms with Crippen LogP contribution >= 0.6 is 11.3 Å². The normalized spacial score (nSPS) is 27.5. The second kappa shape index (κ2) is 8.07. The summed E-state index contributed by atoms with van der Waals surface area (Å²) in [5.74, 6) is -0.201. The first-order valence-corrected chi connectivity index (χ1v) is 12.8. The highest BCUT2D eigenvalue weighted by molar-refractivity contribution is 7.84. The lowest BCUT2D eigenvalue weighted by Gasteiger charge is -2.24. The Morgan fingerprint density at radius 1 is 1.28 bits per heavy atom. The molecule has 0 spiro atoms. The van der Waals surface area contributed by atoms with Gasteiger partial charge in [0.15, 0.2) is 5.79 Å². The number of rotatable bonds is 5. The number of aromatic nitrogens is 4. The van der Waals surface area contributed by atoms with Gasteiger partial charge in [-0.05, 0) is 33.3 Å². The molecule has 0 radical (unpaired) electrons. The summed E-state index contributed by atoms with van der Waals surface area (Å²) in [4.78, 5) is 18.0. The van der Waals surface area contributed by atoms with Crippen molar-refractivity contribution in [3.8, 4) is 10.6 Å². The van der Waals surface area contributed by atoms with E-state index in [4.69, 9.17) is 14.5 Å². The molecule has 4 heterocycles. The molecule has 0 aromatic carbocycles. The summed E-state index contributed by atoms with van der Waals surface area (Å²) >= 11 is 1.53. The summed E-state index contributed by atoms with van der Waals surface area (Å²) in [7, 11) is -1.34. The number of aliphatic hydroxyl groups is 1. The lowest BCUT2D eigenvalue weighted by molar-refractivity contribution is -0.158. The monoisotopic (exact) mass is 475 g/mol. The smallest absolute Gasteiger partial charge is 0.220 e. The van der Waals surface area contributed by atoms with E-state index in [1.807, 2.05) is 26.8 Å². The van der Waals surface area contributed by atoms with Crippen molar-refractivity contribution in [1.82, 2.24) is 19.9 Å². The van der Waals surface area contributed by atoms with E-state index in [2.05, 4.69) is 20.3 Å². The van der Waals surface area contributed by atoms with Crippen LogP contribution < -0.4 is 5.32 Å². The molecule has 2 fully saturated rings. The number of aryl methyl sites for hydroxylation is 1. The average Bonchev–Trinajstić information content (AvgIpc) is 3.38. The summed E-state index contributed by atoms with van der Waals surface area (Å²) < 4.78 is 25.4. The molecule has 0 bridgehead atoms. The van der Waals surface area contributed by atoms with Crippen LogP contribution in [-0.4, -0.2) is 66.2 Å². The summed E-state index contributed by atoms with van der Waals surface area (Å²) in [6.07, 6.45) is 5.26. The van der Waals surface area contributed by atoms with Gasteiger partial charge in [-0.25, -0.2) is 15.0 Å². The van der Waals surface area contributed by atoms with E-state index in [0.29, 0.717) is 17.9 Å². The number of pyridine rings is 1. The van der Waals surface area contributed by atoms with E-state index in [0.717, 1.165) is 20.8 Å². The lowest BCUT2D eigenvalue weighted by Crippen LogP contribution is -2.35. The molecule has 1 aliphatic heterocycles. The number of aliphatic hydroxyl groups excluding tert-OH is 1. The van der Waals surface area contributed by atoms with Crippen LogP contribution in [0.4, 0.5) is 5.82 Å². The van der Waals surface area contributed by atoms with Crippen molar-refractivity contribution in [2.24, 2.45) is 5.92 Å². The minimum absolute atomic E-state index is 0.0174. The molecule has 170 valence electrons. The molecule has 0 amide bonds. The summed E-state index contributed by atoms with van der Waals surface area (Å²) in [6.45, 7) is 5.65. The third-order valence-corrected chi connectivity index (χ3v) is 7.62. The van der Waals surface area contributed by atoms with Gasteiger partial charge in [0.1, 0.15) is 22.4 Å². The van der Waals surface area contributed by atoms with E-state index in [1.165, 1.54) is 11.3 Å². The number of ether oxygens (including phenoxy) is 2. The van der Waals surface area contributed by atoms with Crippen LogP contribution in [0.1, 0.15) is 26.0 Å². The molecule has 32 heavy (non-hydrogen) atoms. The van der Waals surface area contributed by atoms with Crippen LogP contribution in [0.5, 0.6) is 0 Å². The number of hydrogen-bond donors (Lipinski definition) is 2. The molecular weight excluding hydrogens is 450 g/mol. The zero-order chi connectivity index (χ0) is 22.6. The number of nitrogens with one attached hydrogen (secondary N) is 1. The molecular formula is C21H25N5O4S2. The van der Waals surface area contributed by atoms with Crippen molar-refractivity contribution < 1.29 is 18.8 Å². The number of anilines is 1. The standard InChI is InChI=1S/C21H25N5O4S2/c1-10-15(19-25-13-8-22-6-5-14(13)31-19)18(26-20(23-10)32(4)28)24-12-7-11(9-27)16-17(12)30-21(2,3)29-16/h5-6,8,11-12,16-17,27H,7,9H2,1-4H3,(H,23,24,26). The molecule has 3 aromatic heterocycles. The van der Waals surface area contributed by atoms with Gasteiger partial charge in [0, 0.05) is 25.0 Å². The fraction of sp³-hybridized carbons (Fsp3) is 0.524. The first kappa shape index (κ1) is 21.8. The zero-order valence-electron chi connectivity index (χ0n) is 18.2. The second-order valence-corrected chi connectivity index (χ2v) is 10.9. The van der Waals surface area contributed by atoms with E-state index >= 15 is 0 Å². The predicted molar refractivity (Wildman–Crippen MR) is 122 cm³/mol. The maximum absolute atomic E-state index is 12.2. The Hall–Kier alpha value is -2.05. The minimum Gasteiger partial charge on any atom is -0.396 e. The van der Waals surface area contributed by atoms with Gasteiger partial charge in [-0.2, -0.15) is 0 Å². The average molecular weight is 476 g/mol. The molecule has 1 saturated carbocycles. The summed E-state index contributed by atoms with van der Waals surface area (Å²) in [5.41, 5.74) is 2.26. The van der Waals surface area contributed by atoms with Crippen LogP contribution in [0.25, 0.3) is 20.8 Å². The molecule has 1 saturated heterocycles. The van der Waals surface area contributed by atoms with Gasteiger partial charge in [-0.3, -0.25) is 9.19 Å². The first-order valence-electron chi connectivity index (χ1n) is 10.4. The van der Waals surface area contributed by atoms with Gasteiger partial charge in [0.05, 0.1) is 45.1 Å². The van der Waals surface area contributed by atoms with E-state index in [9.17, 15) is 9.32 Å². The Morgan fingerprint density at radius 3 is 2.78 bits per heavy atom. The van der Waals surface area contributed by atoms with E-state index in [-0.39, 0.29) is 35.9 Å². The molecule has 2 N–H and O–H groups in total. The van der Waals surface area contributed by atoms with Gasteiger partial charge >= 0.3 is 0 Å². The predicted octanol–water partition coefficient (Wildman–Crippen LogP) is 2.51. The van der Waals surface area contributed by atoms with E-state index < -0.39 is 16.6 Å². The number of fused-ring (bicyclic) bond motifs is 2. The van der Waals surface area contributed by atoms with Crippen molar-refractivity contribution in [1.29, 1.82) is 0 Å². The third kappa shape index (κ3) is 3.81. The Morgan fingerprint density at radius 2 is 2.06 bits per heavy atom. The van der Waals surface area contributed by atoms with Gasteiger partial charge in [-0.15, -0.1) is 11.3 Å². The SMILES string of the molecule is Cc1nc(S(C)=O)nc(NC2CC(CO)C3OC(C)(C)OC23)c1-c1nc2cnccc2s1. The van der Waals surface area contributed by atoms with E-state index in [1.54, 1.807) is 18.6 Å². The molecule has 11 heteroatoms. The largest absolute Gasteiger partial charge is 0.396 e. The number of nitrogens with zero attached hydrogens (tertiary/aromatic N) is 4. The molecule has 1 aliphatic carbocycles. The first-order chi connectivity index (χ1) is 15.3. The summed E-state index contributed by atoms with van der Waals surface area (Å²) in [6, 6.07) is 1.79. The Balaban J connectivity index is 1.57. The summed E-state index contributed by atoms with van der Waals surface area (Å²) in [5, 5.41) is 14.4. The topological polar surface area (TPSA) is 119 Å². The fourth-order valence-electron chi connectivity index (χ4n) is 4.51. The maximum Gasteiger partial charge on any atom is 0.220 e. The highest BCUT2D eigenvalue weighted by Crippen LogP contribution is 2.43. The van der Waals surface area contributed by atoms with Gasteiger partial charge in [-0.1, -0.05) is 0 Å². The highest BCUT2D eigenvalue weighted by Gasteiger charge is 2.54. The van der Waals surface area contributed by atoms with Gasteiger partial charge in [0.2, 0.25) is 5.16 Å². The van der Waals surface area contributed by atoms with Crippen molar-refractivity contribution in [2.45, 2.75) is 56.4 Å². The third-order valence-electron chi connectivity index (χ3n) is 5.87. The molecule has 5 rings (SSSR count). The molecule has 3 aromatic rings. The second-order valence-electron chi connectivity index (χ2n) is 8.63. The van der Waals surface area contributed by atoms with Crippen molar-refractivity contribution >= 4 is 38.2 Å². The molecule has 2 aliphatic rings. The molecule has 5 unspecified atom stereocenters. The van der Waals surface area contributed by atoms with Gasteiger partial charge in [0.25, 0.3) is 0 Å². The van der Waals surface area contributed by atoms with Crippen molar-refractivity contribution in [3.05, 3.63) is 24.2 Å². The molecule has 9 nitrogen and oxygen atoms in total. The van der Waals surface area contributed by atoms with Crippen molar-refractivity contribution in [2.75, 3.05) is 18.2 Å². The van der Waals surface area contributed by atoms with Crippen LogP contribution in [0.2, 0.25) is 0 Å². The molecule has 5 atom stereocenters. The van der Waals surface area contributed by atoms with Crippen LogP contribution in [0.3, 0.4) is 0 Å². The van der Waals surface area contributed by atoms with Crippen LogP contribution in [0.15, 0.2) is 23.6 Å². The Bertz CT molecular complexity index is 1170. The Labute approximate surface area is 192 Å². The Kier molecular flexibility index (Phi) is 5.49. The quantitative estimate of drug-likeness (QED) is 0.536. The lowest BCUT2D eigenvalue weighted by atomic mass is 10.1. The highest BCUT2D eigenvalue weighted by atomic mass is 32.2. The minimum atomic E-state index is -1.34. The maximum atomic E-state index is 12.2. The van der Waals surface area contributed by atoms with Crippen LogP contribution in [0, 0.1) is 12.8 Å².